The Bertz CT molecular complexity index is 751. The summed E-state index contributed by atoms with van der Waals surface area (Å²) in [6.45, 7) is 5.22. The van der Waals surface area contributed by atoms with Gasteiger partial charge in [-0.05, 0) is 111 Å². The topological polar surface area (TPSA) is 20.2 Å². The molecular weight excluding hydrogens is 352 g/mol. The molecule has 29 heavy (non-hydrogen) atoms. The smallest absolute Gasteiger partial charge is 0.0577 e. The van der Waals surface area contributed by atoms with E-state index in [1.807, 2.05) is 0 Å². The highest BCUT2D eigenvalue weighted by Gasteiger charge is 2.58. The summed E-state index contributed by atoms with van der Waals surface area (Å²) < 4.78 is 0. The van der Waals surface area contributed by atoms with Crippen molar-refractivity contribution in [2.45, 2.75) is 90.6 Å². The lowest BCUT2D eigenvalue weighted by atomic mass is 9.47. The maximum Gasteiger partial charge on any atom is 0.0577 e. The van der Waals surface area contributed by atoms with Crippen LogP contribution in [0.1, 0.15) is 83.6 Å². The molecule has 0 aliphatic heterocycles. The van der Waals surface area contributed by atoms with Crippen molar-refractivity contribution in [3.63, 3.8) is 0 Å². The van der Waals surface area contributed by atoms with Gasteiger partial charge in [0.05, 0.1) is 6.10 Å². The van der Waals surface area contributed by atoms with Crippen LogP contribution in [0.3, 0.4) is 0 Å². The zero-order valence-corrected chi connectivity index (χ0v) is 18.6. The molecule has 0 bridgehead atoms. The Morgan fingerprint density at radius 3 is 2.62 bits per heavy atom. The number of allylic oxidation sites excluding steroid dienone is 1. The minimum Gasteiger partial charge on any atom is -0.393 e. The van der Waals surface area contributed by atoms with Crippen LogP contribution in [0, 0.1) is 34.5 Å². The summed E-state index contributed by atoms with van der Waals surface area (Å²) in [7, 11) is 0. The van der Waals surface area contributed by atoms with Crippen molar-refractivity contribution in [1.82, 2.24) is 0 Å². The van der Waals surface area contributed by atoms with Crippen LogP contribution in [-0.2, 0) is 6.42 Å². The lowest BCUT2D eigenvalue weighted by Crippen LogP contribution is -2.50. The van der Waals surface area contributed by atoms with E-state index >= 15 is 0 Å². The van der Waals surface area contributed by atoms with Gasteiger partial charge in [0.2, 0.25) is 0 Å². The molecule has 1 aromatic carbocycles. The third-order valence-corrected chi connectivity index (χ3v) is 10.1. The molecule has 1 N–H and O–H groups in total. The Labute approximate surface area is 178 Å². The molecule has 0 saturated heterocycles. The lowest BCUT2D eigenvalue weighted by molar-refractivity contribution is -0.0508. The number of fused-ring (bicyclic) bond motifs is 5. The first kappa shape index (κ1) is 19.9. The molecule has 5 rings (SSSR count). The highest BCUT2D eigenvalue weighted by molar-refractivity contribution is 5.25. The van der Waals surface area contributed by atoms with E-state index in [9.17, 15) is 5.11 Å². The van der Waals surface area contributed by atoms with Crippen LogP contribution in [0.15, 0.2) is 42.0 Å². The van der Waals surface area contributed by atoms with E-state index in [0.29, 0.717) is 10.8 Å². The van der Waals surface area contributed by atoms with Gasteiger partial charge in [0.1, 0.15) is 0 Å². The average molecular weight is 393 g/mol. The molecule has 0 spiro atoms. The minimum absolute atomic E-state index is 0.0831. The van der Waals surface area contributed by atoms with Crippen molar-refractivity contribution in [2.24, 2.45) is 34.5 Å². The zero-order valence-electron chi connectivity index (χ0n) is 18.6. The van der Waals surface area contributed by atoms with Gasteiger partial charge in [0.15, 0.2) is 0 Å². The van der Waals surface area contributed by atoms with E-state index < -0.39 is 0 Å². The summed E-state index contributed by atoms with van der Waals surface area (Å²) in [6.07, 6.45) is 16.8. The van der Waals surface area contributed by atoms with Crippen LogP contribution in [0.25, 0.3) is 0 Å². The molecule has 1 nitrogen and oxygen atoms in total. The molecule has 4 aliphatic rings. The SMILES string of the molecule is CC12CCC(O)CC1=CCC1C2CCC2(C)C(CCCc3ccccc3)CCC12. The number of aliphatic hydroxyl groups is 1. The van der Waals surface area contributed by atoms with Crippen LogP contribution in [0.4, 0.5) is 0 Å². The Morgan fingerprint density at radius 2 is 1.79 bits per heavy atom. The summed E-state index contributed by atoms with van der Waals surface area (Å²) >= 11 is 0. The molecule has 7 unspecified atom stereocenters. The average Bonchev–Trinajstić information content (AvgIpc) is 3.06. The fourth-order valence-corrected chi connectivity index (χ4v) is 8.42. The predicted molar refractivity (Wildman–Crippen MR) is 121 cm³/mol. The first-order valence-corrected chi connectivity index (χ1v) is 12.4. The molecule has 0 heterocycles. The van der Waals surface area contributed by atoms with Crippen LogP contribution >= 0.6 is 0 Å². The second kappa shape index (κ2) is 7.56. The molecule has 158 valence electrons. The van der Waals surface area contributed by atoms with Crippen molar-refractivity contribution >= 4 is 0 Å². The van der Waals surface area contributed by atoms with E-state index in [4.69, 9.17) is 0 Å². The van der Waals surface area contributed by atoms with Crippen LogP contribution in [0.5, 0.6) is 0 Å². The third kappa shape index (κ3) is 3.32. The van der Waals surface area contributed by atoms with Crippen molar-refractivity contribution in [3.8, 4) is 0 Å². The van der Waals surface area contributed by atoms with Crippen molar-refractivity contribution in [1.29, 1.82) is 0 Å². The van der Waals surface area contributed by atoms with Gasteiger partial charge in [0.25, 0.3) is 0 Å². The lowest BCUT2D eigenvalue weighted by Gasteiger charge is -2.58. The number of hydrogen-bond acceptors (Lipinski definition) is 1. The van der Waals surface area contributed by atoms with Gasteiger partial charge in [-0.1, -0.05) is 55.8 Å². The molecule has 1 heteroatoms. The van der Waals surface area contributed by atoms with Gasteiger partial charge in [-0.2, -0.15) is 0 Å². The molecule has 0 aromatic heterocycles. The van der Waals surface area contributed by atoms with E-state index in [2.05, 4.69) is 50.3 Å². The second-order valence-electron chi connectivity index (χ2n) is 11.4. The monoisotopic (exact) mass is 392 g/mol. The maximum absolute atomic E-state index is 10.2. The third-order valence-electron chi connectivity index (χ3n) is 10.1. The van der Waals surface area contributed by atoms with E-state index in [1.54, 1.807) is 5.57 Å². The Kier molecular flexibility index (Phi) is 5.18. The zero-order chi connectivity index (χ0) is 20.1. The molecule has 3 fully saturated rings. The van der Waals surface area contributed by atoms with Crippen LogP contribution in [-0.4, -0.2) is 11.2 Å². The molecular formula is C28H40O. The van der Waals surface area contributed by atoms with Gasteiger partial charge in [-0.25, -0.2) is 0 Å². The standard InChI is InChI=1S/C28H40O/c1-27-18-16-26-24(13-11-22-19-23(29)15-17-28(22,26)2)25(27)14-12-21(27)10-6-9-20-7-4-3-5-8-20/h3-5,7-8,11,21,23-26,29H,6,9-10,12-19H2,1-2H3. The van der Waals surface area contributed by atoms with E-state index in [-0.39, 0.29) is 6.10 Å². The summed E-state index contributed by atoms with van der Waals surface area (Å²) in [4.78, 5) is 0. The molecule has 4 aliphatic carbocycles. The fourth-order valence-electron chi connectivity index (χ4n) is 8.42. The first-order valence-electron chi connectivity index (χ1n) is 12.4. The number of rotatable bonds is 4. The Hall–Kier alpha value is -1.08. The predicted octanol–water partition coefficient (Wildman–Crippen LogP) is 6.95. The highest BCUT2D eigenvalue weighted by atomic mass is 16.3. The van der Waals surface area contributed by atoms with Gasteiger partial charge < -0.3 is 5.11 Å². The second-order valence-corrected chi connectivity index (χ2v) is 11.4. The van der Waals surface area contributed by atoms with Gasteiger partial charge >= 0.3 is 0 Å². The summed E-state index contributed by atoms with van der Waals surface area (Å²) in [6, 6.07) is 11.1. The van der Waals surface area contributed by atoms with Crippen molar-refractivity contribution < 1.29 is 5.11 Å². The van der Waals surface area contributed by atoms with E-state index in [1.165, 1.54) is 63.4 Å². The Morgan fingerprint density at radius 1 is 0.966 bits per heavy atom. The number of benzene rings is 1. The van der Waals surface area contributed by atoms with Crippen LogP contribution in [0.2, 0.25) is 0 Å². The summed E-state index contributed by atoms with van der Waals surface area (Å²) in [5.74, 6) is 3.64. The van der Waals surface area contributed by atoms with Crippen molar-refractivity contribution in [2.75, 3.05) is 0 Å². The normalized spacial score (nSPS) is 43.8. The fraction of sp³-hybridized carbons (Fsp3) is 0.714. The molecule has 7 atom stereocenters. The maximum atomic E-state index is 10.2. The largest absolute Gasteiger partial charge is 0.393 e. The Balaban J connectivity index is 1.28. The summed E-state index contributed by atoms with van der Waals surface area (Å²) in [5, 5.41) is 10.2. The first-order chi connectivity index (χ1) is 14.0. The number of hydrogen-bond donors (Lipinski definition) is 1. The van der Waals surface area contributed by atoms with Gasteiger partial charge in [-0.3, -0.25) is 0 Å². The highest BCUT2D eigenvalue weighted by Crippen LogP contribution is 2.66. The molecule has 3 saturated carbocycles. The van der Waals surface area contributed by atoms with Gasteiger partial charge in [0, 0.05) is 0 Å². The molecule has 1 aromatic rings. The van der Waals surface area contributed by atoms with Crippen molar-refractivity contribution in [3.05, 3.63) is 47.5 Å². The molecule has 0 radical (unpaired) electrons. The quantitative estimate of drug-likeness (QED) is 0.550. The number of aryl methyl sites for hydroxylation is 1. The minimum atomic E-state index is -0.0831. The van der Waals surface area contributed by atoms with Crippen LogP contribution < -0.4 is 0 Å². The van der Waals surface area contributed by atoms with Gasteiger partial charge in [-0.15, -0.1) is 0 Å². The number of aliphatic hydroxyl groups excluding tert-OH is 1. The van der Waals surface area contributed by atoms with E-state index in [0.717, 1.165) is 36.5 Å². The molecule has 0 amide bonds. The summed E-state index contributed by atoms with van der Waals surface area (Å²) in [5.41, 5.74) is 4.08.